The molecule has 1 fully saturated rings. The maximum Gasteiger partial charge on any atom is 0.286 e. The van der Waals surface area contributed by atoms with E-state index in [4.69, 9.17) is 0 Å². The molecule has 3 rings (SSSR count). The fraction of sp³-hybridized carbons (Fsp3) is 0.444. The number of likely N-dealkylation sites (N-methyl/N-ethyl adjacent to an activating group) is 1. The normalized spacial score (nSPS) is 20.6. The number of carbonyl (C=O) groups is 1. The SMILES string of the molecule is CC[NH+]1CCN(C2=NC(=O)/C(=C/c3ccc(N(C)C)cc3)S2)CC1. The van der Waals surface area contributed by atoms with Gasteiger partial charge < -0.3 is 14.7 Å². The number of aliphatic imine (C=N–C) groups is 1. The van der Waals surface area contributed by atoms with Crippen LogP contribution in [0.4, 0.5) is 5.69 Å². The number of benzene rings is 1. The predicted molar refractivity (Wildman–Crippen MR) is 102 cm³/mol. The summed E-state index contributed by atoms with van der Waals surface area (Å²) in [6, 6.07) is 8.20. The molecular formula is C18H25N4OS+. The molecule has 0 atom stereocenters. The topological polar surface area (TPSA) is 40.4 Å². The Kier molecular flexibility index (Phi) is 5.26. The van der Waals surface area contributed by atoms with Crippen molar-refractivity contribution < 1.29 is 9.69 Å². The van der Waals surface area contributed by atoms with E-state index in [0.29, 0.717) is 4.91 Å². The molecule has 0 aliphatic carbocycles. The van der Waals surface area contributed by atoms with E-state index in [0.717, 1.165) is 42.6 Å². The highest BCUT2D eigenvalue weighted by molar-refractivity contribution is 8.18. The molecule has 0 aromatic heterocycles. The van der Waals surface area contributed by atoms with Gasteiger partial charge in [-0.2, -0.15) is 4.99 Å². The second-order valence-electron chi connectivity index (χ2n) is 6.39. The fourth-order valence-electron chi connectivity index (χ4n) is 2.92. The number of quaternary nitrogens is 1. The van der Waals surface area contributed by atoms with Crippen molar-refractivity contribution in [3.63, 3.8) is 0 Å². The summed E-state index contributed by atoms with van der Waals surface area (Å²) in [7, 11) is 4.04. The summed E-state index contributed by atoms with van der Waals surface area (Å²) in [5.41, 5.74) is 2.18. The molecule has 1 saturated heterocycles. The minimum Gasteiger partial charge on any atom is -0.378 e. The monoisotopic (exact) mass is 345 g/mol. The molecule has 0 unspecified atom stereocenters. The molecule has 128 valence electrons. The molecule has 6 heteroatoms. The van der Waals surface area contributed by atoms with Crippen molar-refractivity contribution in [2.45, 2.75) is 6.92 Å². The number of thioether (sulfide) groups is 1. The number of rotatable bonds is 3. The third-order valence-corrected chi connectivity index (χ3v) is 5.60. The summed E-state index contributed by atoms with van der Waals surface area (Å²) in [6.07, 6.45) is 1.94. The lowest BCUT2D eigenvalue weighted by Gasteiger charge is -2.32. The highest BCUT2D eigenvalue weighted by Gasteiger charge is 2.29. The van der Waals surface area contributed by atoms with Crippen molar-refractivity contribution in [2.75, 3.05) is 51.7 Å². The van der Waals surface area contributed by atoms with Gasteiger partial charge in [0.05, 0.1) is 37.6 Å². The Balaban J connectivity index is 1.66. The van der Waals surface area contributed by atoms with E-state index in [1.807, 2.05) is 32.3 Å². The smallest absolute Gasteiger partial charge is 0.286 e. The van der Waals surface area contributed by atoms with Crippen LogP contribution in [0, 0.1) is 0 Å². The van der Waals surface area contributed by atoms with Gasteiger partial charge in [-0.3, -0.25) is 4.79 Å². The van der Waals surface area contributed by atoms with Crippen LogP contribution >= 0.6 is 11.8 Å². The first-order chi connectivity index (χ1) is 11.6. The Labute approximate surface area is 148 Å². The van der Waals surface area contributed by atoms with Crippen LogP contribution in [-0.2, 0) is 4.79 Å². The number of carbonyl (C=O) groups excluding carboxylic acids is 1. The Hall–Kier alpha value is -1.79. The Bertz CT molecular complexity index is 658. The molecule has 1 N–H and O–H groups in total. The maximum atomic E-state index is 12.2. The van der Waals surface area contributed by atoms with Crippen molar-refractivity contribution >= 4 is 34.6 Å². The number of amidine groups is 1. The van der Waals surface area contributed by atoms with E-state index in [1.165, 1.54) is 18.3 Å². The number of piperazine rings is 1. The predicted octanol–water partition coefficient (Wildman–Crippen LogP) is 0.943. The van der Waals surface area contributed by atoms with Gasteiger partial charge in [-0.1, -0.05) is 12.1 Å². The Morgan fingerprint density at radius 2 is 1.92 bits per heavy atom. The van der Waals surface area contributed by atoms with Crippen LogP contribution in [0.3, 0.4) is 0 Å². The molecule has 0 saturated carbocycles. The van der Waals surface area contributed by atoms with Gasteiger partial charge in [-0.05, 0) is 42.5 Å². The Morgan fingerprint density at radius 3 is 2.50 bits per heavy atom. The van der Waals surface area contributed by atoms with Crippen molar-refractivity contribution in [2.24, 2.45) is 4.99 Å². The average molecular weight is 345 g/mol. The number of nitrogens with one attached hydrogen (secondary N) is 1. The number of amides is 1. The van der Waals surface area contributed by atoms with E-state index < -0.39 is 0 Å². The molecule has 2 aliphatic heterocycles. The molecule has 0 bridgehead atoms. The second-order valence-corrected chi connectivity index (χ2v) is 7.40. The fourth-order valence-corrected chi connectivity index (χ4v) is 3.89. The molecule has 1 aromatic rings. The van der Waals surface area contributed by atoms with Gasteiger partial charge in [0.1, 0.15) is 0 Å². The quantitative estimate of drug-likeness (QED) is 0.828. The molecule has 1 amide bonds. The largest absolute Gasteiger partial charge is 0.378 e. The van der Waals surface area contributed by atoms with Crippen LogP contribution in [0.2, 0.25) is 0 Å². The third kappa shape index (κ3) is 3.82. The van der Waals surface area contributed by atoms with Crippen LogP contribution < -0.4 is 9.80 Å². The zero-order chi connectivity index (χ0) is 17.1. The van der Waals surface area contributed by atoms with Crippen LogP contribution in [0.1, 0.15) is 12.5 Å². The van der Waals surface area contributed by atoms with Crippen molar-refractivity contribution in [1.82, 2.24) is 4.90 Å². The molecule has 2 heterocycles. The molecule has 2 aliphatic rings. The lowest BCUT2D eigenvalue weighted by atomic mass is 10.2. The van der Waals surface area contributed by atoms with Gasteiger partial charge in [0, 0.05) is 19.8 Å². The van der Waals surface area contributed by atoms with Gasteiger partial charge in [-0.25, -0.2) is 0 Å². The number of nitrogens with zero attached hydrogens (tertiary/aromatic N) is 3. The standard InChI is InChI=1S/C18H24N4OS/c1-4-21-9-11-22(12-10-21)18-19-17(23)16(24-18)13-14-5-7-15(8-6-14)20(2)3/h5-8,13H,4,9-12H2,1-3H3/p+1/b16-13-. The van der Waals surface area contributed by atoms with E-state index in [-0.39, 0.29) is 5.91 Å². The lowest BCUT2D eigenvalue weighted by molar-refractivity contribution is -0.902. The first kappa shape index (κ1) is 17.0. The van der Waals surface area contributed by atoms with Gasteiger partial charge in [-0.15, -0.1) is 0 Å². The summed E-state index contributed by atoms with van der Waals surface area (Å²) in [4.78, 5) is 23.1. The van der Waals surface area contributed by atoms with Gasteiger partial charge in [0.25, 0.3) is 5.91 Å². The third-order valence-electron chi connectivity index (χ3n) is 4.56. The van der Waals surface area contributed by atoms with Gasteiger partial charge in [0.2, 0.25) is 0 Å². The second kappa shape index (κ2) is 7.40. The zero-order valence-electron chi connectivity index (χ0n) is 14.6. The molecular weight excluding hydrogens is 320 g/mol. The molecule has 5 nitrogen and oxygen atoms in total. The van der Waals surface area contributed by atoms with Crippen molar-refractivity contribution in [3.8, 4) is 0 Å². The molecule has 1 aromatic carbocycles. The van der Waals surface area contributed by atoms with E-state index in [1.54, 1.807) is 4.90 Å². The maximum absolute atomic E-state index is 12.2. The van der Waals surface area contributed by atoms with Gasteiger partial charge in [0.15, 0.2) is 5.17 Å². The van der Waals surface area contributed by atoms with E-state index >= 15 is 0 Å². The highest BCUT2D eigenvalue weighted by Crippen LogP contribution is 2.30. The minimum absolute atomic E-state index is 0.114. The van der Waals surface area contributed by atoms with E-state index in [2.05, 4.69) is 33.8 Å². The molecule has 24 heavy (non-hydrogen) atoms. The summed E-state index contributed by atoms with van der Waals surface area (Å²) < 4.78 is 0. The summed E-state index contributed by atoms with van der Waals surface area (Å²) >= 11 is 1.51. The summed E-state index contributed by atoms with van der Waals surface area (Å²) in [5.74, 6) is -0.114. The first-order valence-electron chi connectivity index (χ1n) is 8.45. The summed E-state index contributed by atoms with van der Waals surface area (Å²) in [6.45, 7) is 7.59. The Morgan fingerprint density at radius 1 is 1.25 bits per heavy atom. The van der Waals surface area contributed by atoms with Crippen LogP contribution in [0.15, 0.2) is 34.2 Å². The highest BCUT2D eigenvalue weighted by atomic mass is 32.2. The summed E-state index contributed by atoms with van der Waals surface area (Å²) in [5, 5.41) is 0.867. The molecule has 0 radical (unpaired) electrons. The average Bonchev–Trinajstić information content (AvgIpc) is 2.96. The lowest BCUT2D eigenvalue weighted by Crippen LogP contribution is -3.14. The molecule has 0 spiro atoms. The van der Waals surface area contributed by atoms with E-state index in [9.17, 15) is 4.79 Å². The van der Waals surface area contributed by atoms with Crippen LogP contribution in [0.25, 0.3) is 6.08 Å². The zero-order valence-corrected chi connectivity index (χ0v) is 15.4. The number of anilines is 1. The number of hydrogen-bond acceptors (Lipinski definition) is 4. The van der Waals surface area contributed by atoms with Crippen LogP contribution in [-0.4, -0.2) is 62.8 Å². The first-order valence-corrected chi connectivity index (χ1v) is 9.27. The van der Waals surface area contributed by atoms with Crippen LogP contribution in [0.5, 0.6) is 0 Å². The van der Waals surface area contributed by atoms with Crippen molar-refractivity contribution in [3.05, 3.63) is 34.7 Å². The minimum atomic E-state index is -0.114. The van der Waals surface area contributed by atoms with Gasteiger partial charge >= 0.3 is 0 Å². The van der Waals surface area contributed by atoms with Crippen molar-refractivity contribution in [1.29, 1.82) is 0 Å². The number of hydrogen-bond donors (Lipinski definition) is 1.